The van der Waals surface area contributed by atoms with Gasteiger partial charge in [-0.1, -0.05) is 12.2 Å². The number of rotatable bonds is 9. The van der Waals surface area contributed by atoms with Crippen LogP contribution in [0.1, 0.15) is 34.1 Å². The van der Waals surface area contributed by atoms with E-state index in [1.807, 2.05) is 12.2 Å². The van der Waals surface area contributed by atoms with E-state index < -0.39 is 0 Å². The van der Waals surface area contributed by atoms with E-state index in [4.69, 9.17) is 23.5 Å². The average molecular weight is 300 g/mol. The first-order valence-corrected chi connectivity index (χ1v) is 7.46. The minimum atomic E-state index is -0.267. The Labute approximate surface area is 129 Å². The molecule has 5 nitrogen and oxygen atoms in total. The van der Waals surface area contributed by atoms with Gasteiger partial charge in [-0.05, 0) is 27.7 Å². The van der Waals surface area contributed by atoms with Crippen molar-refractivity contribution in [1.29, 1.82) is 0 Å². The van der Waals surface area contributed by atoms with Crippen molar-refractivity contribution < 1.29 is 23.5 Å². The normalized spacial score (nSPS) is 20.8. The lowest BCUT2D eigenvalue weighted by atomic mass is 9.85. The minimum Gasteiger partial charge on any atom is -0.403 e. The second kappa shape index (κ2) is 8.29. The first-order valence-electron chi connectivity index (χ1n) is 7.46. The molecule has 0 aromatic carbocycles. The van der Waals surface area contributed by atoms with Crippen molar-refractivity contribution in [2.75, 3.05) is 27.4 Å². The lowest BCUT2D eigenvalue weighted by Crippen LogP contribution is -2.41. The Balaban J connectivity index is 2.14. The molecule has 0 radical (unpaired) electrons. The molecule has 0 atom stereocenters. The zero-order valence-electron chi connectivity index (χ0n) is 14.2. The van der Waals surface area contributed by atoms with Gasteiger partial charge in [-0.3, -0.25) is 0 Å². The van der Waals surface area contributed by atoms with Crippen LogP contribution in [-0.4, -0.2) is 52.0 Å². The van der Waals surface area contributed by atoms with Gasteiger partial charge in [-0.25, -0.2) is 0 Å². The maximum absolute atomic E-state index is 5.90. The van der Waals surface area contributed by atoms with Gasteiger partial charge in [0.2, 0.25) is 0 Å². The topological polar surface area (TPSA) is 46.2 Å². The minimum absolute atomic E-state index is 0.183. The zero-order chi connectivity index (χ0) is 15.9. The predicted molar refractivity (Wildman–Crippen MR) is 83.3 cm³/mol. The van der Waals surface area contributed by atoms with Crippen molar-refractivity contribution in [1.82, 2.24) is 0 Å². The quantitative estimate of drug-likeness (QED) is 0.283. The van der Waals surface area contributed by atoms with Crippen LogP contribution < -0.4 is 0 Å². The Morgan fingerprint density at radius 1 is 1.00 bits per heavy atom. The molecule has 1 heterocycles. The summed E-state index contributed by atoms with van der Waals surface area (Å²) in [6.07, 6.45) is 5.28. The fraction of sp³-hybridized carbons (Fsp3) is 0.867. The molecule has 6 heteroatoms. The number of methoxy groups -OCH3 is 2. The molecule has 1 rings (SSSR count). The van der Waals surface area contributed by atoms with Crippen LogP contribution in [-0.2, 0) is 23.5 Å². The van der Waals surface area contributed by atoms with Crippen molar-refractivity contribution in [3.05, 3.63) is 12.2 Å². The third-order valence-electron chi connectivity index (χ3n) is 4.04. The van der Waals surface area contributed by atoms with Crippen molar-refractivity contribution in [2.24, 2.45) is 0 Å². The van der Waals surface area contributed by atoms with Crippen LogP contribution >= 0.6 is 0 Å². The predicted octanol–water partition coefficient (Wildman–Crippen LogP) is 2.66. The molecular formula is C15H29BO5. The molecule has 0 aromatic heterocycles. The SMILES string of the molecule is COC(CCOC/C=C/CB1OC(C)(C)C(C)(C)O1)OC. The maximum atomic E-state index is 5.90. The molecule has 1 fully saturated rings. The highest BCUT2D eigenvalue weighted by atomic mass is 16.7. The first kappa shape index (κ1) is 18.7. The largest absolute Gasteiger partial charge is 0.461 e. The summed E-state index contributed by atoms with van der Waals surface area (Å²) < 4.78 is 27.5. The Morgan fingerprint density at radius 3 is 2.10 bits per heavy atom. The maximum Gasteiger partial charge on any atom is 0.461 e. The second-order valence-corrected chi connectivity index (χ2v) is 6.16. The van der Waals surface area contributed by atoms with E-state index in [0.29, 0.717) is 13.2 Å². The third-order valence-corrected chi connectivity index (χ3v) is 4.04. The summed E-state index contributed by atoms with van der Waals surface area (Å²) in [6, 6.07) is 0. The molecule has 0 N–H and O–H groups in total. The van der Waals surface area contributed by atoms with Crippen LogP contribution in [0.4, 0.5) is 0 Å². The molecule has 1 aliphatic heterocycles. The molecular weight excluding hydrogens is 271 g/mol. The molecule has 0 unspecified atom stereocenters. The van der Waals surface area contributed by atoms with Crippen LogP contribution in [0.25, 0.3) is 0 Å². The van der Waals surface area contributed by atoms with E-state index >= 15 is 0 Å². The van der Waals surface area contributed by atoms with Crippen molar-refractivity contribution >= 4 is 7.12 Å². The molecule has 0 amide bonds. The van der Waals surface area contributed by atoms with Gasteiger partial charge >= 0.3 is 7.12 Å². The van der Waals surface area contributed by atoms with Gasteiger partial charge in [0.1, 0.15) is 0 Å². The molecule has 0 aliphatic carbocycles. The zero-order valence-corrected chi connectivity index (χ0v) is 14.2. The number of hydrogen-bond donors (Lipinski definition) is 0. The van der Waals surface area contributed by atoms with Gasteiger partial charge in [-0.15, -0.1) is 0 Å². The van der Waals surface area contributed by atoms with E-state index in [9.17, 15) is 0 Å². The van der Waals surface area contributed by atoms with E-state index in [0.717, 1.165) is 12.7 Å². The Bertz CT molecular complexity index is 310. The van der Waals surface area contributed by atoms with Crippen molar-refractivity contribution in [3.8, 4) is 0 Å². The molecule has 0 spiro atoms. The van der Waals surface area contributed by atoms with Crippen LogP contribution in [0.3, 0.4) is 0 Å². The summed E-state index contributed by atoms with van der Waals surface area (Å²) in [5, 5.41) is 0. The van der Waals surface area contributed by atoms with Crippen LogP contribution in [0.5, 0.6) is 0 Å². The summed E-state index contributed by atoms with van der Waals surface area (Å²) in [7, 11) is 3.06. The fourth-order valence-electron chi connectivity index (χ4n) is 2.00. The fourth-order valence-corrected chi connectivity index (χ4v) is 2.00. The molecule has 21 heavy (non-hydrogen) atoms. The van der Waals surface area contributed by atoms with E-state index in [-0.39, 0.29) is 24.6 Å². The number of ether oxygens (including phenoxy) is 3. The van der Waals surface area contributed by atoms with Gasteiger partial charge in [-0.2, -0.15) is 0 Å². The van der Waals surface area contributed by atoms with Crippen molar-refractivity contribution in [2.45, 2.75) is 57.9 Å². The van der Waals surface area contributed by atoms with Crippen LogP contribution in [0.15, 0.2) is 12.2 Å². The molecule has 0 bridgehead atoms. The van der Waals surface area contributed by atoms with Gasteiger partial charge in [0.05, 0.1) is 24.4 Å². The summed E-state index contributed by atoms with van der Waals surface area (Å²) >= 11 is 0. The highest BCUT2D eigenvalue weighted by Gasteiger charge is 2.50. The molecule has 0 saturated carbocycles. The number of allylic oxidation sites excluding steroid dienone is 1. The molecule has 0 aromatic rings. The van der Waals surface area contributed by atoms with Gasteiger partial charge in [0, 0.05) is 27.0 Å². The summed E-state index contributed by atoms with van der Waals surface area (Å²) in [5.74, 6) is 0. The standard InChI is InChI=1S/C15H29BO5/c1-14(2)15(3,4)21-16(20-14)10-7-8-11-19-12-9-13(17-5)18-6/h7-8,13H,9-12H2,1-6H3/b8-7+. The van der Waals surface area contributed by atoms with Gasteiger partial charge in [0.15, 0.2) is 6.29 Å². The highest BCUT2D eigenvalue weighted by molar-refractivity contribution is 6.46. The number of hydrogen-bond acceptors (Lipinski definition) is 5. The van der Waals surface area contributed by atoms with Crippen molar-refractivity contribution in [3.63, 3.8) is 0 Å². The van der Waals surface area contributed by atoms with Crippen LogP contribution in [0.2, 0.25) is 6.32 Å². The second-order valence-electron chi connectivity index (χ2n) is 6.16. The first-order chi connectivity index (χ1) is 9.82. The average Bonchev–Trinajstić information content (AvgIpc) is 2.61. The Morgan fingerprint density at radius 2 is 1.57 bits per heavy atom. The summed E-state index contributed by atoms with van der Waals surface area (Å²) in [5.41, 5.74) is -0.533. The Kier molecular flexibility index (Phi) is 7.37. The van der Waals surface area contributed by atoms with Gasteiger partial charge < -0.3 is 23.5 Å². The van der Waals surface area contributed by atoms with E-state index in [1.54, 1.807) is 14.2 Å². The lowest BCUT2D eigenvalue weighted by Gasteiger charge is -2.32. The third kappa shape index (κ3) is 5.72. The lowest BCUT2D eigenvalue weighted by molar-refractivity contribution is -0.114. The summed E-state index contributed by atoms with van der Waals surface area (Å²) in [4.78, 5) is 0. The molecule has 122 valence electrons. The van der Waals surface area contributed by atoms with Crippen LogP contribution in [0, 0.1) is 0 Å². The molecule has 1 saturated heterocycles. The smallest absolute Gasteiger partial charge is 0.403 e. The summed E-state index contributed by atoms with van der Waals surface area (Å²) in [6.45, 7) is 9.40. The van der Waals surface area contributed by atoms with Gasteiger partial charge in [0.25, 0.3) is 0 Å². The highest BCUT2D eigenvalue weighted by Crippen LogP contribution is 2.37. The monoisotopic (exact) mass is 300 g/mol. The molecule has 1 aliphatic rings. The van der Waals surface area contributed by atoms with E-state index in [1.165, 1.54) is 0 Å². The Hall–Kier alpha value is -0.395. The van der Waals surface area contributed by atoms with E-state index in [2.05, 4.69) is 27.7 Å².